The van der Waals surface area contributed by atoms with Crippen molar-refractivity contribution in [3.63, 3.8) is 0 Å². The molecule has 0 spiro atoms. The SMILES string of the molecule is CCCCCCCCCCCC(CCCCCCCCCCC)C(=O)O. The van der Waals surface area contributed by atoms with E-state index in [1.165, 1.54) is 103 Å². The van der Waals surface area contributed by atoms with Gasteiger partial charge in [0.05, 0.1) is 5.92 Å². The van der Waals surface area contributed by atoms with Crippen LogP contribution in [-0.4, -0.2) is 11.1 Å². The summed E-state index contributed by atoms with van der Waals surface area (Å²) in [6.45, 7) is 4.51. The summed E-state index contributed by atoms with van der Waals surface area (Å²) in [5.41, 5.74) is 0. The van der Waals surface area contributed by atoms with E-state index in [2.05, 4.69) is 13.8 Å². The highest BCUT2D eigenvalue weighted by Gasteiger charge is 2.16. The third-order valence-electron chi connectivity index (χ3n) is 5.66. The molecule has 26 heavy (non-hydrogen) atoms. The van der Waals surface area contributed by atoms with Crippen molar-refractivity contribution in [3.8, 4) is 0 Å². The Hall–Kier alpha value is -0.530. The van der Waals surface area contributed by atoms with Gasteiger partial charge in [-0.3, -0.25) is 4.79 Å². The smallest absolute Gasteiger partial charge is 0.306 e. The Bertz CT molecular complexity index is 266. The van der Waals surface area contributed by atoms with Gasteiger partial charge in [-0.1, -0.05) is 129 Å². The van der Waals surface area contributed by atoms with E-state index in [9.17, 15) is 9.90 Å². The van der Waals surface area contributed by atoms with Crippen LogP contribution >= 0.6 is 0 Å². The maximum atomic E-state index is 11.4. The summed E-state index contributed by atoms with van der Waals surface area (Å²) in [6.07, 6.45) is 25.3. The Morgan fingerprint density at radius 2 is 0.808 bits per heavy atom. The quantitative estimate of drug-likeness (QED) is 0.206. The summed E-state index contributed by atoms with van der Waals surface area (Å²) < 4.78 is 0. The molecule has 0 aromatic heterocycles. The van der Waals surface area contributed by atoms with Crippen molar-refractivity contribution in [1.82, 2.24) is 0 Å². The second-order valence-corrected chi connectivity index (χ2v) is 8.27. The Labute approximate surface area is 164 Å². The third-order valence-corrected chi connectivity index (χ3v) is 5.66. The molecule has 0 atom stereocenters. The normalized spacial score (nSPS) is 11.3. The van der Waals surface area contributed by atoms with Gasteiger partial charge in [0.1, 0.15) is 0 Å². The van der Waals surface area contributed by atoms with E-state index < -0.39 is 5.97 Å². The molecular formula is C24H48O2. The first kappa shape index (κ1) is 25.5. The lowest BCUT2D eigenvalue weighted by atomic mass is 9.94. The summed E-state index contributed by atoms with van der Waals surface area (Å²) in [4.78, 5) is 11.4. The minimum atomic E-state index is -0.566. The third kappa shape index (κ3) is 18.3. The van der Waals surface area contributed by atoms with E-state index in [1.807, 2.05) is 0 Å². The van der Waals surface area contributed by atoms with Crippen molar-refractivity contribution in [3.05, 3.63) is 0 Å². The number of unbranched alkanes of at least 4 members (excludes halogenated alkanes) is 16. The summed E-state index contributed by atoms with van der Waals surface area (Å²) in [7, 11) is 0. The molecule has 2 heteroatoms. The van der Waals surface area contributed by atoms with Crippen LogP contribution < -0.4 is 0 Å². The highest BCUT2D eigenvalue weighted by Crippen LogP contribution is 2.20. The van der Waals surface area contributed by atoms with Gasteiger partial charge >= 0.3 is 5.97 Å². The molecule has 0 fully saturated rings. The zero-order valence-electron chi connectivity index (χ0n) is 18.1. The lowest BCUT2D eigenvalue weighted by molar-refractivity contribution is -0.142. The Kier molecular flexibility index (Phi) is 20.4. The number of hydrogen-bond donors (Lipinski definition) is 1. The maximum Gasteiger partial charge on any atom is 0.306 e. The number of carboxylic acids is 1. The van der Waals surface area contributed by atoms with Gasteiger partial charge in [-0.25, -0.2) is 0 Å². The highest BCUT2D eigenvalue weighted by atomic mass is 16.4. The van der Waals surface area contributed by atoms with Crippen LogP contribution in [0.1, 0.15) is 142 Å². The minimum Gasteiger partial charge on any atom is -0.481 e. The first-order valence-corrected chi connectivity index (χ1v) is 11.9. The van der Waals surface area contributed by atoms with Gasteiger partial charge in [0.25, 0.3) is 0 Å². The van der Waals surface area contributed by atoms with E-state index in [4.69, 9.17) is 0 Å². The van der Waals surface area contributed by atoms with Gasteiger partial charge in [0.2, 0.25) is 0 Å². The summed E-state index contributed by atoms with van der Waals surface area (Å²) in [5.74, 6) is -0.659. The molecule has 0 heterocycles. The fraction of sp³-hybridized carbons (Fsp3) is 0.958. The molecule has 0 radical (unpaired) electrons. The number of carbonyl (C=O) groups is 1. The van der Waals surface area contributed by atoms with Crippen molar-refractivity contribution >= 4 is 5.97 Å². The number of aliphatic carboxylic acids is 1. The molecular weight excluding hydrogens is 320 g/mol. The van der Waals surface area contributed by atoms with E-state index >= 15 is 0 Å². The topological polar surface area (TPSA) is 37.3 Å². The van der Waals surface area contributed by atoms with Crippen LogP contribution in [0.4, 0.5) is 0 Å². The van der Waals surface area contributed by atoms with E-state index in [0.29, 0.717) is 0 Å². The molecule has 1 N–H and O–H groups in total. The first-order valence-electron chi connectivity index (χ1n) is 11.9. The molecule has 0 unspecified atom stereocenters. The molecule has 0 aliphatic rings. The van der Waals surface area contributed by atoms with E-state index in [1.54, 1.807) is 0 Å². The lowest BCUT2D eigenvalue weighted by Crippen LogP contribution is -2.13. The van der Waals surface area contributed by atoms with Crippen LogP contribution in [0.3, 0.4) is 0 Å². The summed E-state index contributed by atoms with van der Waals surface area (Å²) in [5, 5.41) is 9.42. The van der Waals surface area contributed by atoms with Crippen molar-refractivity contribution in [1.29, 1.82) is 0 Å². The number of carboxylic acid groups (broad SMARTS) is 1. The average Bonchev–Trinajstić information content (AvgIpc) is 2.63. The minimum absolute atomic E-state index is 0.0934. The molecule has 0 aromatic rings. The zero-order valence-corrected chi connectivity index (χ0v) is 18.1. The zero-order chi connectivity index (χ0) is 19.3. The summed E-state index contributed by atoms with van der Waals surface area (Å²) in [6, 6.07) is 0. The molecule has 156 valence electrons. The number of rotatable bonds is 21. The molecule has 0 rings (SSSR count). The van der Waals surface area contributed by atoms with E-state index in [-0.39, 0.29) is 5.92 Å². The fourth-order valence-electron chi connectivity index (χ4n) is 3.79. The van der Waals surface area contributed by atoms with Gasteiger partial charge in [-0.2, -0.15) is 0 Å². The molecule has 0 saturated heterocycles. The van der Waals surface area contributed by atoms with Crippen molar-refractivity contribution in [2.45, 2.75) is 142 Å². The van der Waals surface area contributed by atoms with Gasteiger partial charge in [-0.05, 0) is 12.8 Å². The van der Waals surface area contributed by atoms with Crippen molar-refractivity contribution in [2.24, 2.45) is 5.92 Å². The molecule has 0 saturated carbocycles. The van der Waals surface area contributed by atoms with Crippen molar-refractivity contribution in [2.75, 3.05) is 0 Å². The second-order valence-electron chi connectivity index (χ2n) is 8.27. The van der Waals surface area contributed by atoms with Crippen LogP contribution in [0.15, 0.2) is 0 Å². The van der Waals surface area contributed by atoms with Crippen LogP contribution in [0, 0.1) is 5.92 Å². The predicted octanol–water partition coefficient (Wildman–Crippen LogP) is 8.53. The van der Waals surface area contributed by atoms with Crippen LogP contribution in [-0.2, 0) is 4.79 Å². The highest BCUT2D eigenvalue weighted by molar-refractivity contribution is 5.69. The monoisotopic (exact) mass is 368 g/mol. The average molecular weight is 369 g/mol. The number of hydrogen-bond acceptors (Lipinski definition) is 1. The molecule has 0 amide bonds. The van der Waals surface area contributed by atoms with Crippen LogP contribution in [0.2, 0.25) is 0 Å². The van der Waals surface area contributed by atoms with E-state index in [0.717, 1.165) is 25.7 Å². The molecule has 0 aliphatic heterocycles. The van der Waals surface area contributed by atoms with Crippen LogP contribution in [0.5, 0.6) is 0 Å². The van der Waals surface area contributed by atoms with Gasteiger partial charge in [-0.15, -0.1) is 0 Å². The molecule has 0 aromatic carbocycles. The maximum absolute atomic E-state index is 11.4. The first-order chi connectivity index (χ1) is 12.7. The van der Waals surface area contributed by atoms with Crippen LogP contribution in [0.25, 0.3) is 0 Å². The Morgan fingerprint density at radius 1 is 0.538 bits per heavy atom. The second kappa shape index (κ2) is 20.8. The fourth-order valence-corrected chi connectivity index (χ4v) is 3.79. The van der Waals surface area contributed by atoms with Gasteiger partial charge in [0.15, 0.2) is 0 Å². The Morgan fingerprint density at radius 3 is 1.08 bits per heavy atom. The van der Waals surface area contributed by atoms with Gasteiger partial charge < -0.3 is 5.11 Å². The van der Waals surface area contributed by atoms with Gasteiger partial charge in [0, 0.05) is 0 Å². The standard InChI is InChI=1S/C24H48O2/c1-3-5-7-9-11-13-15-17-19-21-23(24(25)26)22-20-18-16-14-12-10-8-6-4-2/h23H,3-22H2,1-2H3,(H,25,26). The molecule has 2 nitrogen and oxygen atoms in total. The van der Waals surface area contributed by atoms with Crippen molar-refractivity contribution < 1.29 is 9.90 Å². The lowest BCUT2D eigenvalue weighted by Gasteiger charge is -2.12. The summed E-state index contributed by atoms with van der Waals surface area (Å²) >= 11 is 0. The molecule has 0 bridgehead atoms. The molecule has 0 aliphatic carbocycles. The Balaban J connectivity index is 3.47. The predicted molar refractivity (Wildman–Crippen MR) is 115 cm³/mol. The largest absolute Gasteiger partial charge is 0.481 e.